The van der Waals surface area contributed by atoms with Crippen LogP contribution in [0.4, 0.5) is 0 Å². The van der Waals surface area contributed by atoms with Crippen LogP contribution in [0.3, 0.4) is 0 Å². The van der Waals surface area contributed by atoms with E-state index in [9.17, 15) is 13.2 Å². The zero-order valence-corrected chi connectivity index (χ0v) is 16.9. The van der Waals surface area contributed by atoms with Gasteiger partial charge in [0.15, 0.2) is 0 Å². The second-order valence-electron chi connectivity index (χ2n) is 6.13. The largest absolute Gasteiger partial charge is 0.379 e. The lowest BCUT2D eigenvalue weighted by Crippen LogP contribution is -2.17. The summed E-state index contributed by atoms with van der Waals surface area (Å²) in [5.74, 6) is -0.258. The van der Waals surface area contributed by atoms with Gasteiger partial charge in [0.1, 0.15) is 10.6 Å². The molecule has 29 heavy (non-hydrogen) atoms. The zero-order valence-electron chi connectivity index (χ0n) is 15.4. The van der Waals surface area contributed by atoms with Gasteiger partial charge in [0.05, 0.1) is 6.21 Å². The monoisotopic (exact) mass is 428 g/mol. The predicted molar refractivity (Wildman–Crippen MR) is 112 cm³/mol. The van der Waals surface area contributed by atoms with E-state index >= 15 is 0 Å². The van der Waals surface area contributed by atoms with Crippen LogP contribution in [0.2, 0.25) is 5.02 Å². The number of aryl methyl sites for hydroxylation is 1. The number of amides is 1. The van der Waals surface area contributed by atoms with Gasteiger partial charge in [-0.2, -0.15) is 13.5 Å². The molecule has 3 aromatic rings. The van der Waals surface area contributed by atoms with Gasteiger partial charge in [0.25, 0.3) is 5.91 Å². The molecular formula is C21H17ClN2O4S. The van der Waals surface area contributed by atoms with Crippen LogP contribution >= 0.6 is 11.6 Å². The fourth-order valence-electron chi connectivity index (χ4n) is 2.36. The first-order chi connectivity index (χ1) is 13.8. The molecule has 0 saturated heterocycles. The smallest absolute Gasteiger partial charge is 0.339 e. The first-order valence-electron chi connectivity index (χ1n) is 8.54. The van der Waals surface area contributed by atoms with Crippen LogP contribution in [-0.2, 0) is 10.1 Å². The first kappa shape index (κ1) is 20.6. The summed E-state index contributed by atoms with van der Waals surface area (Å²) < 4.78 is 30.0. The van der Waals surface area contributed by atoms with Crippen molar-refractivity contribution in [3.05, 3.63) is 94.5 Å². The third kappa shape index (κ3) is 5.66. The Labute approximate surface area is 173 Å². The number of nitrogens with zero attached hydrogens (tertiary/aromatic N) is 1. The van der Waals surface area contributed by atoms with Gasteiger partial charge in [-0.05, 0) is 61.0 Å². The van der Waals surface area contributed by atoms with Crippen LogP contribution in [0.25, 0.3) is 0 Å². The molecule has 0 heterocycles. The quantitative estimate of drug-likeness (QED) is 0.362. The molecule has 0 fully saturated rings. The zero-order chi connectivity index (χ0) is 20.9. The highest BCUT2D eigenvalue weighted by atomic mass is 35.5. The van der Waals surface area contributed by atoms with E-state index in [0.717, 1.165) is 5.56 Å². The molecule has 8 heteroatoms. The van der Waals surface area contributed by atoms with Gasteiger partial charge in [-0.15, -0.1) is 0 Å². The highest BCUT2D eigenvalue weighted by Gasteiger charge is 2.16. The van der Waals surface area contributed by atoms with Crippen LogP contribution in [0.1, 0.15) is 21.5 Å². The molecular weight excluding hydrogens is 412 g/mol. The number of hydrazone groups is 1. The molecule has 0 aromatic heterocycles. The van der Waals surface area contributed by atoms with Crippen LogP contribution in [0, 0.1) is 6.92 Å². The van der Waals surface area contributed by atoms with Crippen LogP contribution in [0.15, 0.2) is 82.8 Å². The summed E-state index contributed by atoms with van der Waals surface area (Å²) in [5, 5.41) is 4.41. The molecule has 0 aliphatic carbocycles. The van der Waals surface area contributed by atoms with E-state index in [1.165, 1.54) is 30.5 Å². The Hall–Kier alpha value is -3.16. The second-order valence-corrected chi connectivity index (χ2v) is 8.11. The molecule has 3 aromatic carbocycles. The molecule has 0 bridgehead atoms. The first-order valence-corrected chi connectivity index (χ1v) is 10.3. The van der Waals surface area contributed by atoms with Crippen molar-refractivity contribution >= 4 is 33.8 Å². The van der Waals surface area contributed by atoms with E-state index < -0.39 is 16.0 Å². The Kier molecular flexibility index (Phi) is 6.31. The van der Waals surface area contributed by atoms with E-state index in [1.54, 1.807) is 48.5 Å². The maximum absolute atomic E-state index is 12.4. The third-order valence-electron chi connectivity index (χ3n) is 3.86. The summed E-state index contributed by atoms with van der Waals surface area (Å²) in [5.41, 5.74) is 4.30. The van der Waals surface area contributed by atoms with Crippen molar-refractivity contribution < 1.29 is 17.4 Å². The third-order valence-corrected chi connectivity index (χ3v) is 5.37. The molecule has 1 amide bonds. The summed E-state index contributed by atoms with van der Waals surface area (Å²) in [6.45, 7) is 1.87. The number of halogens is 1. The SMILES string of the molecule is Cc1ccc(S(=O)(=O)Oc2cccc(C=NNC(=O)c3ccc(Cl)cc3)c2)cc1. The normalized spacial score (nSPS) is 11.4. The van der Waals surface area contributed by atoms with Crippen molar-refractivity contribution in [2.45, 2.75) is 11.8 Å². The molecule has 0 aliphatic heterocycles. The number of benzene rings is 3. The maximum atomic E-state index is 12.4. The van der Waals surface area contributed by atoms with Crippen molar-refractivity contribution in [1.82, 2.24) is 5.43 Å². The number of rotatable bonds is 6. The number of hydrogen-bond acceptors (Lipinski definition) is 5. The van der Waals surface area contributed by atoms with Crippen molar-refractivity contribution in [3.8, 4) is 5.75 Å². The summed E-state index contributed by atoms with van der Waals surface area (Å²) in [4.78, 5) is 12.1. The van der Waals surface area contributed by atoms with E-state index in [2.05, 4.69) is 10.5 Å². The maximum Gasteiger partial charge on any atom is 0.339 e. The highest BCUT2D eigenvalue weighted by Crippen LogP contribution is 2.19. The average molecular weight is 429 g/mol. The predicted octanol–water partition coefficient (Wildman–Crippen LogP) is 4.18. The lowest BCUT2D eigenvalue weighted by molar-refractivity contribution is 0.0955. The Morgan fingerprint density at radius 3 is 2.41 bits per heavy atom. The van der Waals surface area contributed by atoms with Crippen molar-refractivity contribution in [3.63, 3.8) is 0 Å². The summed E-state index contributed by atoms with van der Waals surface area (Å²) >= 11 is 5.79. The van der Waals surface area contributed by atoms with Gasteiger partial charge in [0.2, 0.25) is 0 Å². The topological polar surface area (TPSA) is 84.8 Å². The van der Waals surface area contributed by atoms with Crippen molar-refractivity contribution in [1.29, 1.82) is 0 Å². The van der Waals surface area contributed by atoms with Gasteiger partial charge in [-0.1, -0.05) is 41.4 Å². The lowest BCUT2D eigenvalue weighted by atomic mass is 10.2. The standard InChI is InChI=1S/C21H17ClN2O4S/c1-15-5-11-20(12-6-15)29(26,27)28-19-4-2-3-16(13-19)14-23-24-21(25)17-7-9-18(22)10-8-17/h2-14H,1H3,(H,24,25). The minimum Gasteiger partial charge on any atom is -0.379 e. The van der Waals surface area contributed by atoms with Crippen molar-refractivity contribution in [2.24, 2.45) is 5.10 Å². The summed E-state index contributed by atoms with van der Waals surface area (Å²) in [6, 6.07) is 19.1. The Bertz CT molecular complexity index is 1140. The Morgan fingerprint density at radius 1 is 1.03 bits per heavy atom. The van der Waals surface area contributed by atoms with Gasteiger partial charge < -0.3 is 4.18 Å². The summed E-state index contributed by atoms with van der Waals surface area (Å²) in [7, 11) is -3.95. The second kappa shape index (κ2) is 8.89. The van der Waals surface area contributed by atoms with E-state index in [-0.39, 0.29) is 10.6 Å². The van der Waals surface area contributed by atoms with Gasteiger partial charge in [-0.3, -0.25) is 4.79 Å². The average Bonchev–Trinajstić information content (AvgIpc) is 2.69. The van der Waals surface area contributed by atoms with E-state index in [4.69, 9.17) is 15.8 Å². The fraction of sp³-hybridized carbons (Fsp3) is 0.0476. The van der Waals surface area contributed by atoms with Crippen LogP contribution in [-0.4, -0.2) is 20.5 Å². The Balaban J connectivity index is 1.67. The lowest BCUT2D eigenvalue weighted by Gasteiger charge is -2.07. The fourth-order valence-corrected chi connectivity index (χ4v) is 3.41. The van der Waals surface area contributed by atoms with Crippen LogP contribution in [0.5, 0.6) is 5.75 Å². The summed E-state index contributed by atoms with van der Waals surface area (Å²) in [6.07, 6.45) is 1.39. The minimum absolute atomic E-state index is 0.0670. The number of carbonyl (C=O) groups excluding carboxylic acids is 1. The van der Waals surface area contributed by atoms with Crippen molar-refractivity contribution in [2.75, 3.05) is 0 Å². The molecule has 3 rings (SSSR count). The molecule has 0 radical (unpaired) electrons. The molecule has 0 unspecified atom stereocenters. The molecule has 148 valence electrons. The number of hydrogen-bond donors (Lipinski definition) is 1. The molecule has 0 aliphatic rings. The minimum atomic E-state index is -3.95. The van der Waals surface area contributed by atoms with Gasteiger partial charge >= 0.3 is 10.1 Å². The number of nitrogens with one attached hydrogen (secondary N) is 1. The highest BCUT2D eigenvalue weighted by molar-refractivity contribution is 7.87. The van der Waals surface area contributed by atoms with Gasteiger partial charge in [0, 0.05) is 10.6 Å². The van der Waals surface area contributed by atoms with Gasteiger partial charge in [-0.25, -0.2) is 5.43 Å². The van der Waals surface area contributed by atoms with Crippen LogP contribution < -0.4 is 9.61 Å². The van der Waals surface area contributed by atoms with E-state index in [1.807, 2.05) is 6.92 Å². The van der Waals surface area contributed by atoms with E-state index in [0.29, 0.717) is 16.1 Å². The molecule has 0 spiro atoms. The Morgan fingerprint density at radius 2 is 1.72 bits per heavy atom. The molecule has 0 atom stereocenters. The molecule has 6 nitrogen and oxygen atoms in total. The molecule has 0 saturated carbocycles. The number of carbonyl (C=O) groups is 1. The molecule has 1 N–H and O–H groups in total.